The van der Waals surface area contributed by atoms with E-state index in [4.69, 9.17) is 4.74 Å². The minimum atomic E-state index is 0.806. The van der Waals surface area contributed by atoms with Crippen LogP contribution in [0.15, 0.2) is 0 Å². The number of nitrogens with one attached hydrogen (secondary N) is 1. The first-order chi connectivity index (χ1) is 6.86. The lowest BCUT2D eigenvalue weighted by molar-refractivity contribution is 0.0991. The van der Waals surface area contributed by atoms with Crippen molar-refractivity contribution in [3.8, 4) is 0 Å². The molecule has 1 aliphatic rings. The molecule has 1 saturated heterocycles. The summed E-state index contributed by atoms with van der Waals surface area (Å²) in [6, 6.07) is 0. The molecular weight excluding hydrogens is 176 g/mol. The fraction of sp³-hybridized carbons (Fsp3) is 1.00. The molecule has 0 aromatic heterocycles. The Balaban J connectivity index is 2.03. The average molecular weight is 200 g/mol. The van der Waals surface area contributed by atoms with Crippen LogP contribution in [0.2, 0.25) is 0 Å². The number of hydrogen-bond donors (Lipinski definition) is 1. The van der Waals surface area contributed by atoms with Crippen LogP contribution in [-0.2, 0) is 4.74 Å². The van der Waals surface area contributed by atoms with Gasteiger partial charge < -0.3 is 15.0 Å². The summed E-state index contributed by atoms with van der Waals surface area (Å²) in [6.07, 6.45) is 3.90. The topological polar surface area (TPSA) is 24.5 Å². The zero-order chi connectivity index (χ0) is 10.2. The van der Waals surface area contributed by atoms with E-state index in [1.165, 1.54) is 38.9 Å². The van der Waals surface area contributed by atoms with Crippen molar-refractivity contribution in [1.29, 1.82) is 0 Å². The predicted octanol–water partition coefficient (Wildman–Crippen LogP) is 0.954. The first-order valence-corrected chi connectivity index (χ1v) is 5.72. The van der Waals surface area contributed by atoms with E-state index < -0.39 is 0 Å². The minimum absolute atomic E-state index is 0.806. The lowest BCUT2D eigenvalue weighted by atomic mass is 9.98. The lowest BCUT2D eigenvalue weighted by Gasteiger charge is -2.31. The van der Waals surface area contributed by atoms with Crippen LogP contribution >= 0.6 is 0 Å². The fourth-order valence-electron chi connectivity index (χ4n) is 2.09. The van der Waals surface area contributed by atoms with E-state index in [1.54, 1.807) is 7.11 Å². The Morgan fingerprint density at radius 2 is 2.07 bits per heavy atom. The van der Waals surface area contributed by atoms with E-state index in [2.05, 4.69) is 10.2 Å². The molecule has 0 aromatic rings. The molecule has 0 saturated carbocycles. The van der Waals surface area contributed by atoms with Gasteiger partial charge in [0.05, 0.1) is 0 Å². The number of rotatable bonds is 6. The number of hydrogen-bond acceptors (Lipinski definition) is 3. The van der Waals surface area contributed by atoms with E-state index in [1.807, 2.05) is 7.05 Å². The summed E-state index contributed by atoms with van der Waals surface area (Å²) in [5.74, 6) is 0.806. The van der Waals surface area contributed by atoms with Crippen molar-refractivity contribution in [2.45, 2.75) is 19.3 Å². The molecular formula is C11H24N2O. The third-order valence-electron chi connectivity index (χ3n) is 3.01. The summed E-state index contributed by atoms with van der Waals surface area (Å²) in [5, 5.41) is 3.19. The maximum atomic E-state index is 5.19. The molecule has 1 N–H and O–H groups in total. The largest absolute Gasteiger partial charge is 0.384 e. The zero-order valence-electron chi connectivity index (χ0n) is 9.59. The number of piperidine rings is 1. The third kappa shape index (κ3) is 4.40. The van der Waals surface area contributed by atoms with Crippen LogP contribution < -0.4 is 5.32 Å². The van der Waals surface area contributed by atoms with Gasteiger partial charge in [0.15, 0.2) is 0 Å². The highest BCUT2D eigenvalue weighted by molar-refractivity contribution is 4.71. The Morgan fingerprint density at radius 3 is 2.64 bits per heavy atom. The van der Waals surface area contributed by atoms with Gasteiger partial charge in [0.1, 0.15) is 0 Å². The molecule has 0 unspecified atom stereocenters. The Morgan fingerprint density at radius 1 is 1.36 bits per heavy atom. The Bertz CT molecular complexity index is 133. The van der Waals surface area contributed by atoms with Gasteiger partial charge in [-0.1, -0.05) is 0 Å². The maximum absolute atomic E-state index is 5.19. The van der Waals surface area contributed by atoms with Gasteiger partial charge in [0.2, 0.25) is 0 Å². The van der Waals surface area contributed by atoms with Gasteiger partial charge in [-0.3, -0.25) is 0 Å². The predicted molar refractivity (Wildman–Crippen MR) is 59.6 cm³/mol. The lowest BCUT2D eigenvalue weighted by Crippen LogP contribution is -2.36. The molecule has 3 nitrogen and oxygen atoms in total. The molecule has 0 spiro atoms. The Hall–Kier alpha value is -0.120. The molecule has 3 heteroatoms. The highest BCUT2D eigenvalue weighted by Gasteiger charge is 2.18. The fourth-order valence-corrected chi connectivity index (χ4v) is 2.09. The Labute approximate surface area is 87.8 Å². The number of nitrogens with zero attached hydrogens (tertiary/aromatic N) is 1. The van der Waals surface area contributed by atoms with Gasteiger partial charge in [0, 0.05) is 13.7 Å². The SMILES string of the molecule is CNCCCN1CCC(COC)CC1. The second kappa shape index (κ2) is 7.21. The summed E-state index contributed by atoms with van der Waals surface area (Å²) in [5.41, 5.74) is 0. The molecule has 14 heavy (non-hydrogen) atoms. The molecule has 1 fully saturated rings. The van der Waals surface area contributed by atoms with E-state index in [9.17, 15) is 0 Å². The van der Waals surface area contributed by atoms with Crippen LogP contribution in [0.1, 0.15) is 19.3 Å². The summed E-state index contributed by atoms with van der Waals surface area (Å²) < 4.78 is 5.19. The van der Waals surface area contributed by atoms with Crippen molar-refractivity contribution in [2.24, 2.45) is 5.92 Å². The van der Waals surface area contributed by atoms with Crippen LogP contribution in [0, 0.1) is 5.92 Å². The summed E-state index contributed by atoms with van der Waals surface area (Å²) in [4.78, 5) is 2.57. The van der Waals surface area contributed by atoms with E-state index >= 15 is 0 Å². The molecule has 84 valence electrons. The van der Waals surface area contributed by atoms with Crippen molar-refractivity contribution in [2.75, 3.05) is 46.9 Å². The second-order valence-corrected chi connectivity index (χ2v) is 4.20. The quantitative estimate of drug-likeness (QED) is 0.646. The molecule has 0 aromatic carbocycles. The van der Waals surface area contributed by atoms with Gasteiger partial charge >= 0.3 is 0 Å². The van der Waals surface area contributed by atoms with Crippen LogP contribution in [-0.4, -0.2) is 51.8 Å². The standard InChI is InChI=1S/C11H24N2O/c1-12-6-3-7-13-8-4-11(5-9-13)10-14-2/h11-12H,3-10H2,1-2H3. The average Bonchev–Trinajstić information content (AvgIpc) is 2.21. The maximum Gasteiger partial charge on any atom is 0.0491 e. The van der Waals surface area contributed by atoms with Crippen LogP contribution in [0.3, 0.4) is 0 Å². The highest BCUT2D eigenvalue weighted by atomic mass is 16.5. The molecule has 1 aliphatic heterocycles. The second-order valence-electron chi connectivity index (χ2n) is 4.20. The van der Waals surface area contributed by atoms with Crippen molar-refractivity contribution >= 4 is 0 Å². The summed E-state index contributed by atoms with van der Waals surface area (Å²) in [7, 11) is 3.82. The minimum Gasteiger partial charge on any atom is -0.384 e. The zero-order valence-corrected chi connectivity index (χ0v) is 9.59. The first-order valence-electron chi connectivity index (χ1n) is 5.72. The molecule has 0 bridgehead atoms. The van der Waals surface area contributed by atoms with E-state index in [-0.39, 0.29) is 0 Å². The van der Waals surface area contributed by atoms with Gasteiger partial charge in [-0.2, -0.15) is 0 Å². The van der Waals surface area contributed by atoms with Gasteiger partial charge in [0.25, 0.3) is 0 Å². The van der Waals surface area contributed by atoms with Gasteiger partial charge in [-0.05, 0) is 58.4 Å². The van der Waals surface area contributed by atoms with Crippen molar-refractivity contribution in [1.82, 2.24) is 10.2 Å². The highest BCUT2D eigenvalue weighted by Crippen LogP contribution is 2.16. The van der Waals surface area contributed by atoms with E-state index in [0.29, 0.717) is 0 Å². The van der Waals surface area contributed by atoms with Crippen molar-refractivity contribution < 1.29 is 4.74 Å². The number of ether oxygens (including phenoxy) is 1. The van der Waals surface area contributed by atoms with Crippen molar-refractivity contribution in [3.05, 3.63) is 0 Å². The monoisotopic (exact) mass is 200 g/mol. The molecule has 1 rings (SSSR count). The summed E-state index contributed by atoms with van der Waals surface area (Å²) in [6.45, 7) is 5.86. The third-order valence-corrected chi connectivity index (χ3v) is 3.01. The Kier molecular flexibility index (Phi) is 6.15. The van der Waals surface area contributed by atoms with Crippen LogP contribution in [0.5, 0.6) is 0 Å². The molecule has 0 atom stereocenters. The molecule has 0 amide bonds. The van der Waals surface area contributed by atoms with Crippen LogP contribution in [0.25, 0.3) is 0 Å². The smallest absolute Gasteiger partial charge is 0.0491 e. The number of methoxy groups -OCH3 is 1. The van der Waals surface area contributed by atoms with E-state index in [0.717, 1.165) is 19.1 Å². The van der Waals surface area contributed by atoms with Gasteiger partial charge in [-0.25, -0.2) is 0 Å². The normalized spacial score (nSPS) is 20.1. The molecule has 1 heterocycles. The first kappa shape index (κ1) is 12.0. The van der Waals surface area contributed by atoms with Crippen molar-refractivity contribution in [3.63, 3.8) is 0 Å². The molecule has 0 aliphatic carbocycles. The number of likely N-dealkylation sites (tertiary alicyclic amines) is 1. The van der Waals surface area contributed by atoms with Gasteiger partial charge in [-0.15, -0.1) is 0 Å². The molecule has 0 radical (unpaired) electrons. The van der Waals surface area contributed by atoms with Crippen LogP contribution in [0.4, 0.5) is 0 Å². The summed E-state index contributed by atoms with van der Waals surface area (Å²) >= 11 is 0.